The normalized spacial score (nSPS) is 10.8. The quantitative estimate of drug-likeness (QED) is 0.572. The van der Waals surface area contributed by atoms with Gasteiger partial charge in [0.05, 0.1) is 7.11 Å². The van der Waals surface area contributed by atoms with E-state index in [1.807, 2.05) is 12.1 Å². The number of hydrogen-bond acceptors (Lipinski definition) is 2. The van der Waals surface area contributed by atoms with E-state index in [9.17, 15) is 0 Å². The molecule has 0 aromatic heterocycles. The summed E-state index contributed by atoms with van der Waals surface area (Å²) in [7, 11) is 1.70. The summed E-state index contributed by atoms with van der Waals surface area (Å²) >= 11 is 2.35. The third-order valence-corrected chi connectivity index (χ3v) is 4.42. The Kier molecular flexibility index (Phi) is 6.55. The van der Waals surface area contributed by atoms with Crippen LogP contribution in [0.15, 0.2) is 48.5 Å². The first-order chi connectivity index (χ1) is 10.6. The fraction of sp³-hybridized carbons (Fsp3) is 0.368. The molecule has 0 N–H and O–H groups in total. The second-order valence-corrected chi connectivity index (χ2v) is 7.17. The van der Waals surface area contributed by atoms with Crippen molar-refractivity contribution in [2.45, 2.75) is 26.8 Å². The maximum atomic E-state index is 5.24. The second kappa shape index (κ2) is 8.42. The number of rotatable bonds is 7. The Bertz CT molecular complexity index is 563. The largest absolute Gasteiger partial charge is 0.497 e. The van der Waals surface area contributed by atoms with Crippen LogP contribution in [0.1, 0.15) is 25.8 Å². The molecule has 0 aliphatic carbocycles. The van der Waals surface area contributed by atoms with Crippen LogP contribution in [0.2, 0.25) is 0 Å². The molecule has 0 aliphatic heterocycles. The second-order valence-electron chi connectivity index (χ2n) is 5.93. The molecule has 0 saturated heterocycles. The van der Waals surface area contributed by atoms with E-state index >= 15 is 0 Å². The van der Waals surface area contributed by atoms with E-state index in [-0.39, 0.29) is 0 Å². The van der Waals surface area contributed by atoms with E-state index in [1.54, 1.807) is 7.11 Å². The van der Waals surface area contributed by atoms with E-state index in [4.69, 9.17) is 4.74 Å². The SMILES string of the molecule is COc1ccc(CN(CCC(C)C)c2ccc(I)cc2)cc1. The molecule has 0 fully saturated rings. The molecular formula is C19H24INO. The summed E-state index contributed by atoms with van der Waals surface area (Å²) in [6.07, 6.45) is 1.20. The lowest BCUT2D eigenvalue weighted by Gasteiger charge is -2.26. The monoisotopic (exact) mass is 409 g/mol. The van der Waals surface area contributed by atoms with Crippen molar-refractivity contribution in [3.63, 3.8) is 0 Å². The molecule has 0 unspecified atom stereocenters. The lowest BCUT2D eigenvalue weighted by atomic mass is 10.1. The minimum Gasteiger partial charge on any atom is -0.497 e. The molecule has 0 spiro atoms. The van der Waals surface area contributed by atoms with Gasteiger partial charge in [0.2, 0.25) is 0 Å². The molecule has 22 heavy (non-hydrogen) atoms. The summed E-state index contributed by atoms with van der Waals surface area (Å²) in [5.74, 6) is 1.62. The molecule has 0 radical (unpaired) electrons. The van der Waals surface area contributed by atoms with Crippen LogP contribution < -0.4 is 9.64 Å². The predicted molar refractivity (Wildman–Crippen MR) is 103 cm³/mol. The molecule has 2 rings (SSSR count). The maximum Gasteiger partial charge on any atom is 0.118 e. The molecule has 0 heterocycles. The molecule has 2 aromatic carbocycles. The van der Waals surface area contributed by atoms with Crippen LogP contribution in [0.3, 0.4) is 0 Å². The highest BCUT2D eigenvalue weighted by atomic mass is 127. The summed E-state index contributed by atoms with van der Waals surface area (Å²) in [6.45, 7) is 6.56. The van der Waals surface area contributed by atoms with Gasteiger partial charge < -0.3 is 9.64 Å². The first kappa shape index (κ1) is 17.1. The Hall–Kier alpha value is -1.23. The van der Waals surface area contributed by atoms with E-state index < -0.39 is 0 Å². The van der Waals surface area contributed by atoms with Crippen LogP contribution >= 0.6 is 22.6 Å². The smallest absolute Gasteiger partial charge is 0.118 e. The molecule has 0 bridgehead atoms. The average Bonchev–Trinajstić information content (AvgIpc) is 2.53. The van der Waals surface area contributed by atoms with Gasteiger partial charge in [0.25, 0.3) is 0 Å². The van der Waals surface area contributed by atoms with Gasteiger partial charge in [0.15, 0.2) is 0 Å². The molecule has 3 heteroatoms. The highest BCUT2D eigenvalue weighted by Gasteiger charge is 2.09. The third kappa shape index (κ3) is 5.20. The zero-order chi connectivity index (χ0) is 15.9. The fourth-order valence-electron chi connectivity index (χ4n) is 2.32. The van der Waals surface area contributed by atoms with Crippen LogP contribution in [0, 0.1) is 9.49 Å². The Morgan fingerprint density at radius 3 is 2.18 bits per heavy atom. The van der Waals surface area contributed by atoms with Crippen LogP contribution in [0.25, 0.3) is 0 Å². The van der Waals surface area contributed by atoms with Crippen LogP contribution in [0.4, 0.5) is 5.69 Å². The third-order valence-electron chi connectivity index (χ3n) is 3.70. The number of halogens is 1. The van der Waals surface area contributed by atoms with Gasteiger partial charge in [-0.2, -0.15) is 0 Å². The van der Waals surface area contributed by atoms with Crippen molar-refractivity contribution < 1.29 is 4.74 Å². The van der Waals surface area contributed by atoms with Crippen molar-refractivity contribution in [1.29, 1.82) is 0 Å². The molecular weight excluding hydrogens is 385 g/mol. The number of nitrogens with zero attached hydrogens (tertiary/aromatic N) is 1. The van der Waals surface area contributed by atoms with Crippen LogP contribution in [0.5, 0.6) is 5.75 Å². The number of methoxy groups -OCH3 is 1. The highest BCUT2D eigenvalue weighted by Crippen LogP contribution is 2.21. The van der Waals surface area contributed by atoms with Gasteiger partial charge in [0, 0.05) is 22.3 Å². The molecule has 0 saturated carbocycles. The van der Waals surface area contributed by atoms with Gasteiger partial charge in [-0.15, -0.1) is 0 Å². The minimum absolute atomic E-state index is 0.710. The summed E-state index contributed by atoms with van der Waals surface area (Å²) in [4.78, 5) is 2.46. The summed E-state index contributed by atoms with van der Waals surface area (Å²) in [5, 5.41) is 0. The highest BCUT2D eigenvalue weighted by molar-refractivity contribution is 14.1. The standard InChI is InChI=1S/C19H24INO/c1-15(2)12-13-21(18-8-6-17(20)7-9-18)14-16-4-10-19(22-3)11-5-16/h4-11,15H,12-14H2,1-3H3. The van der Waals surface area contributed by atoms with E-state index in [0.29, 0.717) is 5.92 Å². The lowest BCUT2D eigenvalue weighted by Crippen LogP contribution is -2.24. The lowest BCUT2D eigenvalue weighted by molar-refractivity contribution is 0.414. The van der Waals surface area contributed by atoms with Gasteiger partial charge in [-0.1, -0.05) is 26.0 Å². The van der Waals surface area contributed by atoms with Gasteiger partial charge in [0.1, 0.15) is 5.75 Å². The topological polar surface area (TPSA) is 12.5 Å². The minimum atomic E-state index is 0.710. The van der Waals surface area contributed by atoms with E-state index in [0.717, 1.165) is 18.8 Å². The van der Waals surface area contributed by atoms with Gasteiger partial charge in [-0.3, -0.25) is 0 Å². The zero-order valence-corrected chi connectivity index (χ0v) is 15.7. The Morgan fingerprint density at radius 1 is 1.00 bits per heavy atom. The van der Waals surface area contributed by atoms with Crippen molar-refractivity contribution in [2.24, 2.45) is 5.92 Å². The van der Waals surface area contributed by atoms with Gasteiger partial charge in [-0.25, -0.2) is 0 Å². The number of anilines is 1. The molecule has 118 valence electrons. The summed E-state index contributed by atoms with van der Waals surface area (Å²) < 4.78 is 6.51. The van der Waals surface area contributed by atoms with E-state index in [2.05, 4.69) is 77.7 Å². The zero-order valence-electron chi connectivity index (χ0n) is 13.6. The summed E-state index contributed by atoms with van der Waals surface area (Å²) in [6, 6.07) is 17.1. The Labute approximate surface area is 147 Å². The molecule has 0 aliphatic rings. The molecule has 2 aromatic rings. The van der Waals surface area contributed by atoms with Gasteiger partial charge in [-0.05, 0) is 76.9 Å². The van der Waals surface area contributed by atoms with Gasteiger partial charge >= 0.3 is 0 Å². The Morgan fingerprint density at radius 2 is 1.64 bits per heavy atom. The number of hydrogen-bond donors (Lipinski definition) is 0. The predicted octanol–water partition coefficient (Wildman–Crippen LogP) is 5.35. The maximum absolute atomic E-state index is 5.24. The van der Waals surface area contributed by atoms with Crippen molar-refractivity contribution in [1.82, 2.24) is 0 Å². The van der Waals surface area contributed by atoms with E-state index in [1.165, 1.54) is 21.2 Å². The van der Waals surface area contributed by atoms with Crippen molar-refractivity contribution in [2.75, 3.05) is 18.6 Å². The fourth-order valence-corrected chi connectivity index (χ4v) is 2.68. The number of ether oxygens (including phenoxy) is 1. The summed E-state index contributed by atoms with van der Waals surface area (Å²) in [5.41, 5.74) is 2.60. The number of benzene rings is 2. The average molecular weight is 409 g/mol. The first-order valence-corrected chi connectivity index (χ1v) is 8.80. The Balaban J connectivity index is 2.13. The van der Waals surface area contributed by atoms with Crippen LogP contribution in [-0.2, 0) is 6.54 Å². The van der Waals surface area contributed by atoms with Crippen molar-refractivity contribution >= 4 is 28.3 Å². The first-order valence-electron chi connectivity index (χ1n) is 7.72. The molecule has 0 atom stereocenters. The van der Waals surface area contributed by atoms with Crippen molar-refractivity contribution in [3.8, 4) is 5.75 Å². The van der Waals surface area contributed by atoms with Crippen LogP contribution in [-0.4, -0.2) is 13.7 Å². The molecule has 0 amide bonds. The molecule has 2 nitrogen and oxygen atoms in total. The van der Waals surface area contributed by atoms with Crippen molar-refractivity contribution in [3.05, 3.63) is 57.7 Å².